The third-order valence-electron chi connectivity index (χ3n) is 5.31. The van der Waals surface area contributed by atoms with E-state index in [2.05, 4.69) is 10.4 Å². The molecule has 0 aliphatic carbocycles. The highest BCUT2D eigenvalue weighted by molar-refractivity contribution is 6.22. The Morgan fingerprint density at radius 1 is 1.12 bits per heavy atom. The molecule has 2 heterocycles. The molecule has 0 atom stereocenters. The van der Waals surface area contributed by atoms with Crippen LogP contribution in [0.15, 0.2) is 48.7 Å². The molecule has 32 heavy (non-hydrogen) atoms. The molecule has 4 rings (SSSR count). The SMILES string of the molecule is COc1ccc(CCN2C(=O)c3ccc(C(=O)Nc4c(C#N)cnn4C)cc3C2=O)cc1. The van der Waals surface area contributed by atoms with Crippen molar-refractivity contribution >= 4 is 23.5 Å². The Labute approximate surface area is 183 Å². The van der Waals surface area contributed by atoms with E-state index in [1.165, 1.54) is 34.0 Å². The van der Waals surface area contributed by atoms with E-state index in [0.29, 0.717) is 6.42 Å². The predicted octanol–water partition coefficient (Wildman–Crippen LogP) is 2.39. The third-order valence-corrected chi connectivity index (χ3v) is 5.31. The van der Waals surface area contributed by atoms with Crippen LogP contribution >= 0.6 is 0 Å². The van der Waals surface area contributed by atoms with Crippen LogP contribution in [0.25, 0.3) is 0 Å². The van der Waals surface area contributed by atoms with Crippen LogP contribution in [-0.2, 0) is 13.5 Å². The van der Waals surface area contributed by atoms with Crippen LogP contribution in [0.1, 0.15) is 42.2 Å². The molecular weight excluding hydrogens is 410 g/mol. The molecule has 0 radical (unpaired) electrons. The Hall–Kier alpha value is -4.45. The first-order valence-corrected chi connectivity index (χ1v) is 9.79. The number of carbonyl (C=O) groups is 3. The van der Waals surface area contributed by atoms with E-state index in [-0.39, 0.29) is 40.5 Å². The summed E-state index contributed by atoms with van der Waals surface area (Å²) in [6.45, 7) is 0.223. The second kappa shape index (κ2) is 8.35. The number of nitrogens with zero attached hydrogens (tertiary/aromatic N) is 4. The molecule has 0 saturated heterocycles. The first kappa shape index (κ1) is 20.8. The minimum absolute atomic E-state index is 0.183. The smallest absolute Gasteiger partial charge is 0.261 e. The zero-order valence-electron chi connectivity index (χ0n) is 17.5. The maximum absolute atomic E-state index is 12.9. The Kier molecular flexibility index (Phi) is 5.43. The molecule has 0 spiro atoms. The van der Waals surface area contributed by atoms with Gasteiger partial charge in [0.05, 0.1) is 24.4 Å². The fraction of sp³-hybridized carbons (Fsp3) is 0.174. The lowest BCUT2D eigenvalue weighted by Gasteiger charge is -2.13. The van der Waals surface area contributed by atoms with Gasteiger partial charge in [0.1, 0.15) is 23.2 Å². The quantitative estimate of drug-likeness (QED) is 0.601. The van der Waals surface area contributed by atoms with Crippen LogP contribution in [0.2, 0.25) is 0 Å². The molecule has 2 aromatic carbocycles. The van der Waals surface area contributed by atoms with E-state index in [9.17, 15) is 14.4 Å². The molecule has 0 unspecified atom stereocenters. The lowest BCUT2D eigenvalue weighted by Crippen LogP contribution is -2.31. The minimum Gasteiger partial charge on any atom is -0.497 e. The maximum Gasteiger partial charge on any atom is 0.261 e. The lowest BCUT2D eigenvalue weighted by molar-refractivity contribution is 0.0656. The van der Waals surface area contributed by atoms with Crippen LogP contribution in [0.4, 0.5) is 5.82 Å². The van der Waals surface area contributed by atoms with Gasteiger partial charge in [-0.2, -0.15) is 10.4 Å². The van der Waals surface area contributed by atoms with Gasteiger partial charge < -0.3 is 10.1 Å². The molecule has 3 amide bonds. The average Bonchev–Trinajstić information content (AvgIpc) is 3.28. The standard InChI is InChI=1S/C23H19N5O4/c1-27-20(16(12-24)13-25-27)26-21(29)15-5-8-18-19(11-15)23(31)28(22(18)30)10-9-14-3-6-17(32-2)7-4-14/h3-8,11,13H,9-10H2,1-2H3,(H,26,29). The number of amides is 3. The molecule has 9 heteroatoms. The highest BCUT2D eigenvalue weighted by atomic mass is 16.5. The van der Waals surface area contributed by atoms with Gasteiger partial charge in [-0.1, -0.05) is 12.1 Å². The van der Waals surface area contributed by atoms with Gasteiger partial charge in [0.15, 0.2) is 0 Å². The number of fused-ring (bicyclic) bond motifs is 1. The second-order valence-electron chi connectivity index (χ2n) is 7.22. The van der Waals surface area contributed by atoms with Crippen LogP contribution in [0, 0.1) is 11.3 Å². The lowest BCUT2D eigenvalue weighted by atomic mass is 10.1. The summed E-state index contributed by atoms with van der Waals surface area (Å²) in [6.07, 6.45) is 1.85. The fourth-order valence-electron chi connectivity index (χ4n) is 3.52. The zero-order valence-corrected chi connectivity index (χ0v) is 17.5. The van der Waals surface area contributed by atoms with Crippen molar-refractivity contribution < 1.29 is 19.1 Å². The third kappa shape index (κ3) is 3.70. The Bertz CT molecular complexity index is 1270. The average molecular weight is 429 g/mol. The molecule has 1 aromatic heterocycles. The summed E-state index contributed by atoms with van der Waals surface area (Å²) >= 11 is 0. The fourth-order valence-corrected chi connectivity index (χ4v) is 3.52. The van der Waals surface area contributed by atoms with Gasteiger partial charge in [0.2, 0.25) is 0 Å². The van der Waals surface area contributed by atoms with Crippen LogP contribution in [0.3, 0.4) is 0 Å². The largest absolute Gasteiger partial charge is 0.497 e. The number of rotatable bonds is 6. The van der Waals surface area contributed by atoms with Crippen LogP contribution in [-0.4, -0.2) is 46.1 Å². The van der Waals surface area contributed by atoms with E-state index in [0.717, 1.165) is 11.3 Å². The number of aromatic nitrogens is 2. The minimum atomic E-state index is -0.509. The number of methoxy groups -OCH3 is 1. The monoisotopic (exact) mass is 429 g/mol. The molecule has 1 N–H and O–H groups in total. The first-order chi connectivity index (χ1) is 15.4. The van der Waals surface area contributed by atoms with Crippen molar-refractivity contribution in [1.82, 2.24) is 14.7 Å². The molecule has 0 saturated carbocycles. The second-order valence-corrected chi connectivity index (χ2v) is 7.22. The Morgan fingerprint density at radius 3 is 2.53 bits per heavy atom. The molecular formula is C23H19N5O4. The van der Waals surface area contributed by atoms with Crippen molar-refractivity contribution in [1.29, 1.82) is 5.26 Å². The van der Waals surface area contributed by atoms with Crippen molar-refractivity contribution in [2.24, 2.45) is 7.05 Å². The normalized spacial score (nSPS) is 12.5. The van der Waals surface area contributed by atoms with Crippen molar-refractivity contribution in [3.63, 3.8) is 0 Å². The summed E-state index contributed by atoms with van der Waals surface area (Å²) in [5.41, 5.74) is 1.83. The van der Waals surface area contributed by atoms with Gasteiger partial charge in [0.25, 0.3) is 17.7 Å². The van der Waals surface area contributed by atoms with Crippen molar-refractivity contribution in [2.45, 2.75) is 6.42 Å². The van der Waals surface area contributed by atoms with Crippen molar-refractivity contribution in [2.75, 3.05) is 19.0 Å². The van der Waals surface area contributed by atoms with E-state index in [1.807, 2.05) is 30.3 Å². The molecule has 9 nitrogen and oxygen atoms in total. The van der Waals surface area contributed by atoms with Gasteiger partial charge in [0, 0.05) is 19.2 Å². The number of hydrogen-bond donors (Lipinski definition) is 1. The highest BCUT2D eigenvalue weighted by Crippen LogP contribution is 2.25. The number of benzene rings is 2. The van der Waals surface area contributed by atoms with Gasteiger partial charge in [-0.25, -0.2) is 0 Å². The molecule has 1 aliphatic rings. The predicted molar refractivity (Wildman–Crippen MR) is 114 cm³/mol. The molecule has 3 aromatic rings. The van der Waals surface area contributed by atoms with Crippen LogP contribution in [0.5, 0.6) is 5.75 Å². The Balaban J connectivity index is 1.50. The summed E-state index contributed by atoms with van der Waals surface area (Å²) in [7, 11) is 3.18. The summed E-state index contributed by atoms with van der Waals surface area (Å²) in [5, 5.41) is 15.7. The maximum atomic E-state index is 12.9. The number of hydrogen-bond acceptors (Lipinski definition) is 6. The molecule has 1 aliphatic heterocycles. The van der Waals surface area contributed by atoms with Gasteiger partial charge in [-0.3, -0.25) is 24.0 Å². The number of imide groups is 1. The number of ether oxygens (including phenoxy) is 1. The first-order valence-electron chi connectivity index (χ1n) is 9.79. The topological polar surface area (TPSA) is 117 Å². The van der Waals surface area contributed by atoms with E-state index >= 15 is 0 Å². The number of nitrogens with one attached hydrogen (secondary N) is 1. The van der Waals surface area contributed by atoms with Gasteiger partial charge >= 0.3 is 0 Å². The number of aryl methyl sites for hydroxylation is 1. The van der Waals surface area contributed by atoms with Crippen molar-refractivity contribution in [3.8, 4) is 11.8 Å². The van der Waals surface area contributed by atoms with Crippen LogP contribution < -0.4 is 10.1 Å². The molecule has 160 valence electrons. The molecule has 0 fully saturated rings. The van der Waals surface area contributed by atoms with Gasteiger partial charge in [-0.15, -0.1) is 0 Å². The number of anilines is 1. The molecule has 0 bridgehead atoms. The summed E-state index contributed by atoms with van der Waals surface area (Å²) < 4.78 is 6.51. The van der Waals surface area contributed by atoms with Crippen molar-refractivity contribution in [3.05, 3.63) is 76.5 Å². The van der Waals surface area contributed by atoms with E-state index in [4.69, 9.17) is 10.00 Å². The van der Waals surface area contributed by atoms with E-state index < -0.39 is 11.8 Å². The Morgan fingerprint density at radius 2 is 1.84 bits per heavy atom. The van der Waals surface area contributed by atoms with E-state index in [1.54, 1.807) is 14.2 Å². The number of carbonyl (C=O) groups excluding carboxylic acids is 3. The summed E-state index contributed by atoms with van der Waals surface area (Å²) in [6, 6.07) is 13.7. The van der Waals surface area contributed by atoms with Gasteiger partial charge in [-0.05, 0) is 42.3 Å². The number of nitriles is 1. The highest BCUT2D eigenvalue weighted by Gasteiger charge is 2.35. The zero-order chi connectivity index (χ0) is 22.8. The summed E-state index contributed by atoms with van der Waals surface area (Å²) in [4.78, 5) is 39.5. The summed E-state index contributed by atoms with van der Waals surface area (Å²) in [5.74, 6) is -0.352.